The second-order valence-corrected chi connectivity index (χ2v) is 7.00. The Balaban J connectivity index is 2.19. The van der Waals surface area contributed by atoms with Crippen molar-refractivity contribution in [3.8, 4) is 11.8 Å². The largest absolute Gasteiger partial charge is 0.495 e. The molecule has 0 fully saturated rings. The highest BCUT2D eigenvalue weighted by atomic mass is 16.6. The number of methoxy groups -OCH3 is 2. The van der Waals surface area contributed by atoms with E-state index in [1.807, 2.05) is 6.07 Å². The standard InChI is InChI=1S/C23H20N4O6/c1-13-19(22(28)26-16-9-4-5-10-18(16)32-2)20(14-7-6-8-15(11-14)27(30)31)21(23(29)33-3)17(12-24)25-13/h4-11,20,25H,1-3H3,(H,26,28). The number of hydrogen-bond acceptors (Lipinski definition) is 8. The molecule has 2 aromatic carbocycles. The first kappa shape index (κ1) is 23.0. The highest BCUT2D eigenvalue weighted by Crippen LogP contribution is 2.40. The number of nitrogens with zero attached hydrogens (tertiary/aromatic N) is 2. The van der Waals surface area contributed by atoms with Crippen LogP contribution in [-0.4, -0.2) is 31.0 Å². The molecule has 10 heteroatoms. The lowest BCUT2D eigenvalue weighted by Gasteiger charge is -2.29. The second-order valence-electron chi connectivity index (χ2n) is 7.00. The molecule has 3 rings (SSSR count). The van der Waals surface area contributed by atoms with Gasteiger partial charge >= 0.3 is 5.97 Å². The minimum absolute atomic E-state index is 0.0980. The zero-order valence-corrected chi connectivity index (χ0v) is 18.0. The summed E-state index contributed by atoms with van der Waals surface area (Å²) in [5.41, 5.74) is 0.613. The van der Waals surface area contributed by atoms with Crippen LogP contribution < -0.4 is 15.4 Å². The molecule has 0 radical (unpaired) electrons. The van der Waals surface area contributed by atoms with Crippen molar-refractivity contribution in [1.29, 1.82) is 5.26 Å². The van der Waals surface area contributed by atoms with Crippen LogP contribution in [0.25, 0.3) is 0 Å². The van der Waals surface area contributed by atoms with Crippen LogP contribution in [0.1, 0.15) is 18.4 Å². The number of hydrogen-bond donors (Lipinski definition) is 2. The number of nitriles is 1. The van der Waals surface area contributed by atoms with E-state index in [1.54, 1.807) is 37.3 Å². The summed E-state index contributed by atoms with van der Waals surface area (Å²) in [7, 11) is 2.61. The second kappa shape index (κ2) is 9.65. The van der Waals surface area contributed by atoms with Crippen molar-refractivity contribution in [2.45, 2.75) is 12.8 Å². The van der Waals surface area contributed by atoms with Crippen LogP contribution in [0.3, 0.4) is 0 Å². The molecule has 1 unspecified atom stereocenters. The number of amides is 1. The van der Waals surface area contributed by atoms with Gasteiger partial charge in [-0.1, -0.05) is 24.3 Å². The van der Waals surface area contributed by atoms with Crippen molar-refractivity contribution in [2.24, 2.45) is 0 Å². The Morgan fingerprint density at radius 3 is 2.52 bits per heavy atom. The average molecular weight is 448 g/mol. The molecule has 0 aliphatic carbocycles. The fourth-order valence-corrected chi connectivity index (χ4v) is 3.64. The number of carbonyl (C=O) groups excluding carboxylic acids is 2. The molecular formula is C23H20N4O6. The molecule has 1 heterocycles. The van der Waals surface area contributed by atoms with Gasteiger partial charge in [0.15, 0.2) is 0 Å². The lowest BCUT2D eigenvalue weighted by atomic mass is 9.79. The Hall–Kier alpha value is -4.65. The zero-order valence-electron chi connectivity index (χ0n) is 18.0. The normalized spacial score (nSPS) is 15.3. The number of esters is 1. The van der Waals surface area contributed by atoms with Gasteiger partial charge in [-0.3, -0.25) is 14.9 Å². The maximum atomic E-state index is 13.4. The van der Waals surface area contributed by atoms with E-state index in [2.05, 4.69) is 10.6 Å². The van der Waals surface area contributed by atoms with Crippen molar-refractivity contribution >= 4 is 23.3 Å². The molecule has 0 saturated carbocycles. The molecule has 0 spiro atoms. The van der Waals surface area contributed by atoms with E-state index in [0.717, 1.165) is 7.11 Å². The summed E-state index contributed by atoms with van der Waals surface area (Å²) in [4.78, 5) is 36.9. The van der Waals surface area contributed by atoms with Gasteiger partial charge in [0.2, 0.25) is 0 Å². The van der Waals surface area contributed by atoms with Crippen LogP contribution in [0.4, 0.5) is 11.4 Å². The number of carbonyl (C=O) groups is 2. The van der Waals surface area contributed by atoms with E-state index in [0.29, 0.717) is 17.1 Å². The van der Waals surface area contributed by atoms with Gasteiger partial charge in [-0.2, -0.15) is 5.26 Å². The van der Waals surface area contributed by atoms with E-state index < -0.39 is 22.7 Å². The minimum Gasteiger partial charge on any atom is -0.495 e. The van der Waals surface area contributed by atoms with Crippen molar-refractivity contribution in [2.75, 3.05) is 19.5 Å². The Bertz CT molecular complexity index is 1240. The van der Waals surface area contributed by atoms with Gasteiger partial charge in [0.25, 0.3) is 11.6 Å². The molecule has 33 heavy (non-hydrogen) atoms. The molecule has 2 aromatic rings. The summed E-state index contributed by atoms with van der Waals surface area (Å²) in [5, 5.41) is 26.5. The Morgan fingerprint density at radius 2 is 1.88 bits per heavy atom. The van der Waals surface area contributed by atoms with Crippen molar-refractivity contribution in [1.82, 2.24) is 5.32 Å². The Labute approximate surface area is 189 Å². The Morgan fingerprint density at radius 1 is 1.15 bits per heavy atom. The van der Waals surface area contributed by atoms with Crippen LogP contribution in [0.15, 0.2) is 71.1 Å². The maximum Gasteiger partial charge on any atom is 0.337 e. The molecular weight excluding hydrogens is 428 g/mol. The topological polar surface area (TPSA) is 144 Å². The first-order valence-electron chi connectivity index (χ1n) is 9.71. The van der Waals surface area contributed by atoms with E-state index in [-0.39, 0.29) is 28.1 Å². The first-order chi connectivity index (χ1) is 15.8. The third-order valence-electron chi connectivity index (χ3n) is 5.09. The lowest BCUT2D eigenvalue weighted by Crippen LogP contribution is -2.34. The van der Waals surface area contributed by atoms with Crippen molar-refractivity contribution in [3.63, 3.8) is 0 Å². The number of rotatable bonds is 6. The van der Waals surface area contributed by atoms with Crippen LogP contribution in [-0.2, 0) is 14.3 Å². The third-order valence-corrected chi connectivity index (χ3v) is 5.09. The van der Waals surface area contributed by atoms with Crippen LogP contribution in [0, 0.1) is 21.4 Å². The van der Waals surface area contributed by atoms with Gasteiger partial charge in [0.1, 0.15) is 17.5 Å². The third kappa shape index (κ3) is 4.52. The molecule has 168 valence electrons. The molecule has 1 aliphatic rings. The highest BCUT2D eigenvalue weighted by Gasteiger charge is 2.39. The number of ether oxygens (including phenoxy) is 2. The van der Waals surface area contributed by atoms with Crippen LogP contribution in [0.5, 0.6) is 5.75 Å². The van der Waals surface area contributed by atoms with E-state index in [4.69, 9.17) is 9.47 Å². The van der Waals surface area contributed by atoms with Gasteiger partial charge in [0, 0.05) is 23.4 Å². The minimum atomic E-state index is -1.09. The number of benzene rings is 2. The molecule has 0 aromatic heterocycles. The lowest BCUT2D eigenvalue weighted by molar-refractivity contribution is -0.384. The summed E-state index contributed by atoms with van der Waals surface area (Å²) in [6.45, 7) is 1.58. The summed E-state index contributed by atoms with van der Waals surface area (Å²) >= 11 is 0. The molecule has 1 aliphatic heterocycles. The molecule has 0 bridgehead atoms. The van der Waals surface area contributed by atoms with Crippen molar-refractivity contribution < 1.29 is 24.0 Å². The number of anilines is 1. The summed E-state index contributed by atoms with van der Waals surface area (Å²) in [5.74, 6) is -2.10. The first-order valence-corrected chi connectivity index (χ1v) is 9.71. The number of non-ortho nitro benzene ring substituents is 1. The van der Waals surface area contributed by atoms with Gasteiger partial charge in [-0.15, -0.1) is 0 Å². The van der Waals surface area contributed by atoms with Crippen molar-refractivity contribution in [3.05, 3.63) is 86.7 Å². The summed E-state index contributed by atoms with van der Waals surface area (Å²) < 4.78 is 10.2. The van der Waals surface area contributed by atoms with Gasteiger partial charge in [-0.25, -0.2) is 4.79 Å². The predicted molar refractivity (Wildman–Crippen MR) is 118 cm³/mol. The summed E-state index contributed by atoms with van der Waals surface area (Å²) in [6.07, 6.45) is 0. The highest BCUT2D eigenvalue weighted by molar-refractivity contribution is 6.09. The SMILES string of the molecule is COC(=O)C1=C(C#N)NC(C)=C(C(=O)Nc2ccccc2OC)C1c1cccc([N+](=O)[O-])c1. The smallest absolute Gasteiger partial charge is 0.337 e. The average Bonchev–Trinajstić information content (AvgIpc) is 2.82. The van der Waals surface area contributed by atoms with E-state index in [9.17, 15) is 25.0 Å². The number of para-hydroxylation sites is 2. The maximum absolute atomic E-state index is 13.4. The van der Waals surface area contributed by atoms with Crippen LogP contribution in [0.2, 0.25) is 0 Å². The fourth-order valence-electron chi connectivity index (χ4n) is 3.64. The number of nitro benzene ring substituents is 1. The Kier molecular flexibility index (Phi) is 6.74. The monoisotopic (exact) mass is 448 g/mol. The molecule has 1 amide bonds. The molecule has 1 atom stereocenters. The number of dihydropyridines is 1. The van der Waals surface area contributed by atoms with E-state index >= 15 is 0 Å². The number of nitrogens with one attached hydrogen (secondary N) is 2. The molecule has 10 nitrogen and oxygen atoms in total. The zero-order chi connectivity index (χ0) is 24.1. The quantitative estimate of drug-likeness (QED) is 0.390. The van der Waals surface area contributed by atoms with Gasteiger partial charge < -0.3 is 20.1 Å². The van der Waals surface area contributed by atoms with Gasteiger partial charge in [-0.05, 0) is 24.6 Å². The summed E-state index contributed by atoms with van der Waals surface area (Å²) in [6, 6.07) is 14.2. The number of nitro groups is 1. The van der Waals surface area contributed by atoms with Crippen LogP contribution >= 0.6 is 0 Å². The molecule has 2 N–H and O–H groups in total. The van der Waals surface area contributed by atoms with E-state index in [1.165, 1.54) is 25.3 Å². The predicted octanol–water partition coefficient (Wildman–Crippen LogP) is 3.15. The fraction of sp³-hybridized carbons (Fsp3) is 0.174. The number of allylic oxidation sites excluding steroid dienone is 2. The molecule has 0 saturated heterocycles. The van der Waals surface area contributed by atoms with Gasteiger partial charge in [0.05, 0.1) is 36.3 Å².